The summed E-state index contributed by atoms with van der Waals surface area (Å²) in [5.41, 5.74) is 0.504. The maximum absolute atomic E-state index is 12.3. The first kappa shape index (κ1) is 14.9. The van der Waals surface area contributed by atoms with Crippen molar-refractivity contribution in [1.82, 2.24) is 0 Å². The van der Waals surface area contributed by atoms with Crippen LogP contribution in [0, 0.1) is 0 Å². The smallest absolute Gasteiger partial charge is 0.363 e. The van der Waals surface area contributed by atoms with Gasteiger partial charge in [0.2, 0.25) is 0 Å². The van der Waals surface area contributed by atoms with Gasteiger partial charge >= 0.3 is 7.60 Å². The molecule has 1 atom stereocenters. The van der Waals surface area contributed by atoms with E-state index in [1.807, 2.05) is 6.07 Å². The molecule has 0 saturated carbocycles. The van der Waals surface area contributed by atoms with Crippen molar-refractivity contribution in [3.05, 3.63) is 34.3 Å². The largest absolute Gasteiger partial charge is 0.376 e. The van der Waals surface area contributed by atoms with Crippen molar-refractivity contribution in [3.63, 3.8) is 0 Å². The van der Waals surface area contributed by atoms with Crippen molar-refractivity contribution < 1.29 is 18.7 Å². The normalized spacial score (nSPS) is 13.6. The topological polar surface area (TPSA) is 55.8 Å². The summed E-state index contributed by atoms with van der Waals surface area (Å²) in [5, 5.41) is 10.1. The standard InChI is InChI=1S/C11H16BrO4P/c1-3-15-17(14,16-4-2)11(13)9-6-5-7-10(12)8-9/h5-8,11,13H,3-4H2,1-2H3/t11-/m0/s1. The lowest BCUT2D eigenvalue weighted by Gasteiger charge is -2.22. The Bertz CT molecular complexity index is 400. The molecule has 0 amide bonds. The second kappa shape index (κ2) is 6.66. The molecule has 1 aromatic rings. The molecule has 0 radical (unpaired) electrons. The van der Waals surface area contributed by atoms with Gasteiger partial charge in [0, 0.05) is 4.47 Å². The zero-order valence-corrected chi connectivity index (χ0v) is 12.3. The Kier molecular flexibility index (Phi) is 5.83. The Balaban J connectivity index is 2.99. The lowest BCUT2D eigenvalue weighted by molar-refractivity contribution is 0.150. The summed E-state index contributed by atoms with van der Waals surface area (Å²) in [7, 11) is -3.52. The van der Waals surface area contributed by atoms with Crippen molar-refractivity contribution in [2.75, 3.05) is 13.2 Å². The molecule has 0 aliphatic heterocycles. The molecule has 96 valence electrons. The van der Waals surface area contributed by atoms with Gasteiger partial charge in [0.25, 0.3) is 0 Å². The van der Waals surface area contributed by atoms with Crippen LogP contribution < -0.4 is 0 Å². The fraction of sp³-hybridized carbons (Fsp3) is 0.455. The second-order valence-electron chi connectivity index (χ2n) is 3.30. The minimum atomic E-state index is -3.52. The van der Waals surface area contributed by atoms with Crippen LogP contribution in [0.1, 0.15) is 25.3 Å². The van der Waals surface area contributed by atoms with Crippen LogP contribution in [-0.2, 0) is 13.6 Å². The molecule has 0 saturated heterocycles. The molecule has 0 fully saturated rings. The highest BCUT2D eigenvalue weighted by atomic mass is 79.9. The highest BCUT2D eigenvalue weighted by Crippen LogP contribution is 2.59. The van der Waals surface area contributed by atoms with Crippen molar-refractivity contribution in [2.45, 2.75) is 19.7 Å². The van der Waals surface area contributed by atoms with Gasteiger partial charge < -0.3 is 14.2 Å². The minimum absolute atomic E-state index is 0.225. The maximum atomic E-state index is 12.3. The van der Waals surface area contributed by atoms with Crippen molar-refractivity contribution in [3.8, 4) is 0 Å². The number of hydrogen-bond acceptors (Lipinski definition) is 4. The summed E-state index contributed by atoms with van der Waals surface area (Å²) >= 11 is 3.29. The Morgan fingerprint density at radius 1 is 1.35 bits per heavy atom. The lowest BCUT2D eigenvalue weighted by Crippen LogP contribution is -2.06. The number of halogens is 1. The number of benzene rings is 1. The molecule has 0 aliphatic rings. The first-order chi connectivity index (χ1) is 8.03. The number of rotatable bonds is 6. The fourth-order valence-electron chi connectivity index (χ4n) is 1.39. The Morgan fingerprint density at radius 3 is 2.41 bits per heavy atom. The first-order valence-electron chi connectivity index (χ1n) is 5.35. The third-order valence-corrected chi connectivity index (χ3v) is 4.69. The van der Waals surface area contributed by atoms with Crippen molar-refractivity contribution >= 4 is 23.5 Å². The average Bonchev–Trinajstić information content (AvgIpc) is 2.28. The second-order valence-corrected chi connectivity index (χ2v) is 6.30. The van der Waals surface area contributed by atoms with E-state index in [0.29, 0.717) is 5.56 Å². The number of aliphatic hydroxyl groups is 1. The van der Waals surface area contributed by atoms with Crippen molar-refractivity contribution in [2.24, 2.45) is 0 Å². The molecular formula is C11H16BrO4P. The van der Waals surface area contributed by atoms with E-state index in [9.17, 15) is 9.67 Å². The Morgan fingerprint density at radius 2 is 1.94 bits per heavy atom. The summed E-state index contributed by atoms with van der Waals surface area (Å²) in [5.74, 6) is -1.26. The predicted molar refractivity (Wildman–Crippen MR) is 70.0 cm³/mol. The molecule has 4 nitrogen and oxygen atoms in total. The van der Waals surface area contributed by atoms with E-state index in [-0.39, 0.29) is 13.2 Å². The van der Waals surface area contributed by atoms with E-state index in [2.05, 4.69) is 15.9 Å². The molecule has 0 heterocycles. The molecule has 0 aromatic heterocycles. The van der Waals surface area contributed by atoms with Crippen LogP contribution in [0.3, 0.4) is 0 Å². The average molecular weight is 323 g/mol. The molecule has 1 aromatic carbocycles. The Hall–Kier alpha value is -0.190. The van der Waals surface area contributed by atoms with E-state index in [1.54, 1.807) is 32.0 Å². The minimum Gasteiger partial charge on any atom is -0.376 e. The molecule has 0 unspecified atom stereocenters. The van der Waals surface area contributed by atoms with Crippen molar-refractivity contribution in [1.29, 1.82) is 0 Å². The van der Waals surface area contributed by atoms with Gasteiger partial charge in [-0.3, -0.25) is 4.57 Å². The summed E-state index contributed by atoms with van der Waals surface area (Å²) in [6, 6.07) is 6.95. The molecule has 6 heteroatoms. The SMILES string of the molecule is CCOP(=O)(OCC)[C@H](O)c1cccc(Br)c1. The van der Waals surface area contributed by atoms with E-state index in [0.717, 1.165) is 4.47 Å². The van der Waals surface area contributed by atoms with E-state index >= 15 is 0 Å². The molecule has 1 N–H and O–H groups in total. The third kappa shape index (κ3) is 3.90. The van der Waals surface area contributed by atoms with Gasteiger partial charge in [-0.15, -0.1) is 0 Å². The van der Waals surface area contributed by atoms with Crippen LogP contribution in [0.4, 0.5) is 0 Å². The highest BCUT2D eigenvalue weighted by Gasteiger charge is 2.35. The molecule has 0 spiro atoms. The van der Waals surface area contributed by atoms with E-state index in [4.69, 9.17) is 9.05 Å². The fourth-order valence-corrected chi connectivity index (χ4v) is 3.41. The van der Waals surface area contributed by atoms with Crippen LogP contribution in [-0.4, -0.2) is 18.3 Å². The van der Waals surface area contributed by atoms with Gasteiger partial charge in [-0.1, -0.05) is 28.1 Å². The van der Waals surface area contributed by atoms with Crippen LogP contribution in [0.5, 0.6) is 0 Å². The summed E-state index contributed by atoms with van der Waals surface area (Å²) in [4.78, 5) is 0. The quantitative estimate of drug-likeness (QED) is 0.811. The van der Waals surface area contributed by atoms with Gasteiger partial charge in [-0.25, -0.2) is 0 Å². The van der Waals surface area contributed by atoms with Crippen LogP contribution in [0.2, 0.25) is 0 Å². The first-order valence-corrected chi connectivity index (χ1v) is 7.76. The van der Waals surface area contributed by atoms with Gasteiger partial charge in [-0.05, 0) is 31.5 Å². The summed E-state index contributed by atoms with van der Waals surface area (Å²) in [6.45, 7) is 3.86. The molecule has 0 aliphatic carbocycles. The lowest BCUT2D eigenvalue weighted by atomic mass is 10.2. The summed E-state index contributed by atoms with van der Waals surface area (Å²) < 4.78 is 23.3. The maximum Gasteiger partial charge on any atom is 0.363 e. The van der Waals surface area contributed by atoms with E-state index < -0.39 is 13.4 Å². The zero-order chi connectivity index (χ0) is 12.9. The van der Waals surface area contributed by atoms with Gasteiger partial charge in [0.1, 0.15) is 0 Å². The summed E-state index contributed by atoms with van der Waals surface area (Å²) in [6.07, 6.45) is 0. The zero-order valence-electron chi connectivity index (χ0n) is 9.80. The number of hydrogen-bond donors (Lipinski definition) is 1. The van der Waals surface area contributed by atoms with Gasteiger partial charge in [-0.2, -0.15) is 0 Å². The molecule has 17 heavy (non-hydrogen) atoms. The molecular weight excluding hydrogens is 307 g/mol. The number of aliphatic hydroxyl groups excluding tert-OH is 1. The van der Waals surface area contributed by atoms with Gasteiger partial charge in [0.15, 0.2) is 5.85 Å². The van der Waals surface area contributed by atoms with Gasteiger partial charge in [0.05, 0.1) is 13.2 Å². The van der Waals surface area contributed by atoms with Crippen LogP contribution in [0.25, 0.3) is 0 Å². The highest BCUT2D eigenvalue weighted by molar-refractivity contribution is 9.10. The molecule has 0 bridgehead atoms. The predicted octanol–water partition coefficient (Wildman–Crippen LogP) is 3.71. The third-order valence-electron chi connectivity index (χ3n) is 2.06. The van der Waals surface area contributed by atoms with Crippen LogP contribution in [0.15, 0.2) is 28.7 Å². The Labute approximate surface area is 110 Å². The van der Waals surface area contributed by atoms with E-state index in [1.165, 1.54) is 0 Å². The van der Waals surface area contributed by atoms with Crippen LogP contribution >= 0.6 is 23.5 Å². The molecule has 1 rings (SSSR count). The monoisotopic (exact) mass is 322 g/mol.